The lowest BCUT2D eigenvalue weighted by Gasteiger charge is -2.25. The van der Waals surface area contributed by atoms with Crippen molar-refractivity contribution in [3.63, 3.8) is 0 Å². The minimum Gasteiger partial charge on any atom is -0.374 e. The van der Waals surface area contributed by atoms with Crippen LogP contribution in [0.1, 0.15) is 53.3 Å². The fourth-order valence-electron chi connectivity index (χ4n) is 1.60. The van der Waals surface area contributed by atoms with Crippen molar-refractivity contribution in [1.82, 2.24) is 9.97 Å². The van der Waals surface area contributed by atoms with Crippen molar-refractivity contribution in [3.8, 4) is 0 Å². The van der Waals surface area contributed by atoms with Gasteiger partial charge in [0.25, 0.3) is 0 Å². The molecule has 0 fully saturated rings. The smallest absolute Gasteiger partial charge is 0.158 e. The Bertz CT molecular complexity index is 381. The molecule has 0 radical (unpaired) electrons. The number of anilines is 2. The van der Waals surface area contributed by atoms with E-state index in [1.165, 1.54) is 0 Å². The van der Waals surface area contributed by atoms with E-state index in [0.717, 1.165) is 31.0 Å². The number of nitrogens with one attached hydrogen (secondary N) is 2. The van der Waals surface area contributed by atoms with Crippen molar-refractivity contribution >= 4 is 11.6 Å². The molecule has 0 aromatic carbocycles. The Balaban J connectivity index is 2.90. The van der Waals surface area contributed by atoms with Crippen LogP contribution in [-0.4, -0.2) is 28.7 Å². The number of nitrogens with zero attached hydrogens (tertiary/aromatic N) is 2. The minimum absolute atomic E-state index is 0.0132. The fraction of sp³-hybridized carbons (Fsp3) is 0.733. The summed E-state index contributed by atoms with van der Waals surface area (Å²) in [5.74, 6) is 2.41. The van der Waals surface area contributed by atoms with Gasteiger partial charge in [0.05, 0.1) is 0 Å². The maximum Gasteiger partial charge on any atom is 0.158 e. The molecule has 0 spiro atoms. The van der Waals surface area contributed by atoms with Crippen LogP contribution in [0, 0.1) is 0 Å². The number of rotatable bonds is 9. The van der Waals surface area contributed by atoms with Crippen LogP contribution in [0.25, 0.3) is 0 Å². The van der Waals surface area contributed by atoms with Crippen LogP contribution in [0.3, 0.4) is 0 Å². The zero-order valence-electron chi connectivity index (χ0n) is 13.4. The van der Waals surface area contributed by atoms with E-state index >= 15 is 0 Å². The molecule has 5 nitrogen and oxygen atoms in total. The Hall–Kier alpha value is -1.36. The van der Waals surface area contributed by atoms with Crippen LogP contribution >= 0.6 is 0 Å². The molecule has 114 valence electrons. The van der Waals surface area contributed by atoms with E-state index in [-0.39, 0.29) is 5.54 Å². The van der Waals surface area contributed by atoms with Gasteiger partial charge in [-0.15, -0.1) is 0 Å². The number of hydrogen-bond donors (Lipinski definition) is 2. The van der Waals surface area contributed by atoms with Gasteiger partial charge in [-0.2, -0.15) is 0 Å². The fourth-order valence-corrected chi connectivity index (χ4v) is 1.60. The van der Waals surface area contributed by atoms with Crippen LogP contribution in [0.15, 0.2) is 6.07 Å². The topological polar surface area (TPSA) is 59.1 Å². The Morgan fingerprint density at radius 3 is 2.45 bits per heavy atom. The number of ether oxygens (including phenoxy) is 1. The molecule has 0 bridgehead atoms. The van der Waals surface area contributed by atoms with E-state index in [9.17, 15) is 0 Å². The van der Waals surface area contributed by atoms with Gasteiger partial charge < -0.3 is 15.4 Å². The maximum absolute atomic E-state index is 5.41. The second kappa shape index (κ2) is 8.04. The van der Waals surface area contributed by atoms with Gasteiger partial charge in [-0.25, -0.2) is 9.97 Å². The summed E-state index contributed by atoms with van der Waals surface area (Å²) in [4.78, 5) is 9.00. The quantitative estimate of drug-likeness (QED) is 0.725. The molecule has 0 aliphatic heterocycles. The molecule has 1 rings (SSSR count). The molecule has 0 aliphatic rings. The van der Waals surface area contributed by atoms with Crippen LogP contribution in [0.2, 0.25) is 0 Å². The summed E-state index contributed by atoms with van der Waals surface area (Å²) in [5.41, 5.74) is 0.0132. The highest BCUT2D eigenvalue weighted by atomic mass is 16.5. The highest BCUT2D eigenvalue weighted by Gasteiger charge is 2.16. The van der Waals surface area contributed by atoms with Gasteiger partial charge >= 0.3 is 0 Å². The first-order valence-electron chi connectivity index (χ1n) is 7.48. The third kappa shape index (κ3) is 5.74. The van der Waals surface area contributed by atoms with Crippen LogP contribution in [0.5, 0.6) is 0 Å². The number of aromatic nitrogens is 2. The molecule has 20 heavy (non-hydrogen) atoms. The summed E-state index contributed by atoms with van der Waals surface area (Å²) in [6.07, 6.45) is 2.09. The molecule has 0 atom stereocenters. The zero-order valence-corrected chi connectivity index (χ0v) is 13.4. The Labute approximate surface area is 122 Å². The monoisotopic (exact) mass is 280 g/mol. The maximum atomic E-state index is 5.41. The summed E-state index contributed by atoms with van der Waals surface area (Å²) in [5, 5.41) is 6.76. The van der Waals surface area contributed by atoms with E-state index in [1.807, 2.05) is 13.0 Å². The van der Waals surface area contributed by atoms with Crippen molar-refractivity contribution < 1.29 is 4.74 Å². The van der Waals surface area contributed by atoms with Crippen LogP contribution in [-0.2, 0) is 11.3 Å². The van der Waals surface area contributed by atoms with Gasteiger partial charge in [0.2, 0.25) is 0 Å². The predicted octanol–water partition coefficient (Wildman–Crippen LogP) is 3.44. The third-order valence-corrected chi connectivity index (χ3v) is 3.11. The molecule has 5 heteroatoms. The molecule has 0 unspecified atom stereocenters. The molecule has 0 saturated carbocycles. The summed E-state index contributed by atoms with van der Waals surface area (Å²) in [6.45, 7) is 12.6. The van der Waals surface area contributed by atoms with Crippen LogP contribution in [0.4, 0.5) is 11.6 Å². The van der Waals surface area contributed by atoms with Gasteiger partial charge in [0, 0.05) is 24.8 Å². The highest BCUT2D eigenvalue weighted by molar-refractivity contribution is 5.48. The van der Waals surface area contributed by atoms with Crippen LogP contribution < -0.4 is 10.6 Å². The lowest BCUT2D eigenvalue weighted by Crippen LogP contribution is -2.30. The molecule has 1 heterocycles. The van der Waals surface area contributed by atoms with Gasteiger partial charge in [0.1, 0.15) is 18.2 Å². The zero-order chi connectivity index (χ0) is 15.0. The molecule has 0 aliphatic carbocycles. The molecule has 2 N–H and O–H groups in total. The first-order valence-corrected chi connectivity index (χ1v) is 7.48. The van der Waals surface area contributed by atoms with Gasteiger partial charge in [-0.3, -0.25) is 0 Å². The summed E-state index contributed by atoms with van der Waals surface area (Å²) in [7, 11) is 0. The normalized spacial score (nSPS) is 11.4. The summed E-state index contributed by atoms with van der Waals surface area (Å²) < 4.78 is 5.41. The molecular weight excluding hydrogens is 252 g/mol. The lowest BCUT2D eigenvalue weighted by atomic mass is 10.0. The van der Waals surface area contributed by atoms with E-state index in [2.05, 4.69) is 48.3 Å². The Morgan fingerprint density at radius 1 is 1.15 bits per heavy atom. The van der Waals surface area contributed by atoms with Crippen molar-refractivity contribution in [2.75, 3.05) is 23.8 Å². The van der Waals surface area contributed by atoms with Crippen molar-refractivity contribution in [2.24, 2.45) is 0 Å². The summed E-state index contributed by atoms with van der Waals surface area (Å²) >= 11 is 0. The molecule has 0 amide bonds. The molecule has 0 saturated heterocycles. The SMILES string of the molecule is CCCNc1cc(NC(C)(C)CC)nc(COCC)n1. The number of hydrogen-bond acceptors (Lipinski definition) is 5. The van der Waals surface area contributed by atoms with E-state index in [1.54, 1.807) is 0 Å². The van der Waals surface area contributed by atoms with Crippen molar-refractivity contribution in [1.29, 1.82) is 0 Å². The highest BCUT2D eigenvalue weighted by Crippen LogP contribution is 2.19. The van der Waals surface area contributed by atoms with E-state index in [4.69, 9.17) is 4.74 Å². The second-order valence-electron chi connectivity index (χ2n) is 5.48. The van der Waals surface area contributed by atoms with Crippen molar-refractivity contribution in [3.05, 3.63) is 11.9 Å². The Morgan fingerprint density at radius 2 is 1.85 bits per heavy atom. The Kier molecular flexibility index (Phi) is 6.71. The van der Waals surface area contributed by atoms with Gasteiger partial charge in [0.15, 0.2) is 5.82 Å². The standard InChI is InChI=1S/C15H28N4O/c1-6-9-16-12-10-13(19-15(4,5)7-2)18-14(17-12)11-20-8-3/h10H,6-9,11H2,1-5H3,(H2,16,17,18,19). The average Bonchev–Trinajstić information content (AvgIpc) is 2.42. The van der Waals surface area contributed by atoms with Gasteiger partial charge in [-0.05, 0) is 33.6 Å². The van der Waals surface area contributed by atoms with Crippen molar-refractivity contribution in [2.45, 2.75) is 59.6 Å². The second-order valence-corrected chi connectivity index (χ2v) is 5.48. The molecular formula is C15H28N4O. The summed E-state index contributed by atoms with van der Waals surface area (Å²) in [6, 6.07) is 1.96. The predicted molar refractivity (Wildman–Crippen MR) is 84.1 cm³/mol. The molecule has 1 aromatic heterocycles. The molecule has 1 aromatic rings. The first-order chi connectivity index (χ1) is 9.50. The van der Waals surface area contributed by atoms with E-state index < -0.39 is 0 Å². The third-order valence-electron chi connectivity index (χ3n) is 3.11. The van der Waals surface area contributed by atoms with Gasteiger partial charge in [-0.1, -0.05) is 13.8 Å². The minimum atomic E-state index is 0.0132. The first kappa shape index (κ1) is 16.7. The lowest BCUT2D eigenvalue weighted by molar-refractivity contribution is 0.128. The average molecular weight is 280 g/mol. The largest absolute Gasteiger partial charge is 0.374 e. The van der Waals surface area contributed by atoms with E-state index in [0.29, 0.717) is 19.0 Å².